The molecule has 0 aliphatic carbocycles. The number of fused-ring (bicyclic) bond motifs is 1. The number of hydrogen-bond acceptors (Lipinski definition) is 14. The number of benzene rings is 1. The van der Waals surface area contributed by atoms with E-state index in [-0.39, 0.29) is 40.1 Å². The summed E-state index contributed by atoms with van der Waals surface area (Å²) >= 11 is 0.210. The van der Waals surface area contributed by atoms with Gasteiger partial charge in [-0.15, -0.1) is 10.2 Å². The van der Waals surface area contributed by atoms with E-state index >= 15 is 0 Å². The van der Waals surface area contributed by atoms with Crippen LogP contribution in [0.2, 0.25) is 0 Å². The summed E-state index contributed by atoms with van der Waals surface area (Å²) in [6, 6.07) is 6.89. The molecule has 0 aliphatic rings. The Kier molecular flexibility index (Phi) is 12.1. The van der Waals surface area contributed by atoms with Gasteiger partial charge in [0.1, 0.15) is 5.82 Å². The Labute approximate surface area is 298 Å². The number of carbonyl (C=O) groups is 1. The lowest BCUT2D eigenvalue weighted by Crippen LogP contribution is -2.40. The summed E-state index contributed by atoms with van der Waals surface area (Å²) in [5.41, 5.74) is -1.01. The van der Waals surface area contributed by atoms with Gasteiger partial charge in [-0.05, 0) is 44.2 Å². The van der Waals surface area contributed by atoms with Gasteiger partial charge in [0.05, 0.1) is 33.0 Å². The van der Waals surface area contributed by atoms with Crippen molar-refractivity contribution in [1.82, 2.24) is 34.8 Å². The van der Waals surface area contributed by atoms with Crippen molar-refractivity contribution in [3.63, 3.8) is 0 Å². The second-order valence-corrected chi connectivity index (χ2v) is 12.8. The zero-order chi connectivity index (χ0) is 39.3. The predicted octanol–water partition coefficient (Wildman–Crippen LogP) is 4.88. The van der Waals surface area contributed by atoms with Crippen LogP contribution in [0.4, 0.5) is 42.4 Å². The van der Waals surface area contributed by atoms with Gasteiger partial charge in [0.25, 0.3) is 32.9 Å². The first-order valence-corrected chi connectivity index (χ1v) is 16.7. The standard InChI is InChI=1S/C14H13F4N3O2S.C14H13F3N6O5S/c1-8(2)21(10-5-3-9(15)4-6-10)11(22)7-23-13-20-19-12(24-13)14(16,17)18;1-26-8-6-9(27-2)23-13(19-8)20-12(21-23)22-29(24,25)10-7(14(15,16)17)4-5-18-11(10)28-3/h3-6,8H,7H2,1-2H3;4-6H,1-3H3,(H,21,22). The van der Waals surface area contributed by atoms with Crippen LogP contribution in [0.15, 0.2) is 47.5 Å². The highest BCUT2D eigenvalue weighted by Gasteiger charge is 2.40. The third kappa shape index (κ3) is 9.65. The fourth-order valence-corrected chi connectivity index (χ4v) is 6.08. The average Bonchev–Trinajstić information content (AvgIpc) is 3.74. The number of hydrogen-bond donors (Lipinski definition) is 1. The summed E-state index contributed by atoms with van der Waals surface area (Å²) in [5.74, 6) is -2.16. The summed E-state index contributed by atoms with van der Waals surface area (Å²) in [5, 5.41) is 8.56. The molecule has 4 aromatic heterocycles. The number of alkyl halides is 6. The SMILES string of the molecule is CC(C)N(C(=O)COc1nnc(C(F)(F)F)s1)c1ccc(F)cc1.COc1cc(OC)n2nc(NS(=O)(=O)c3c(C(F)(F)F)ccnc3OC)nc2n1. The quantitative estimate of drug-likeness (QED) is 0.179. The molecule has 0 unspecified atom stereocenters. The highest BCUT2D eigenvalue weighted by atomic mass is 32.2. The molecular formula is C28H26F7N9O7S2. The number of nitrogens with one attached hydrogen (secondary N) is 1. The van der Waals surface area contributed by atoms with Crippen LogP contribution in [-0.4, -0.2) is 83.1 Å². The van der Waals surface area contributed by atoms with Crippen LogP contribution in [0.25, 0.3) is 5.78 Å². The van der Waals surface area contributed by atoms with E-state index in [0.29, 0.717) is 11.8 Å². The second kappa shape index (κ2) is 16.0. The summed E-state index contributed by atoms with van der Waals surface area (Å²) in [7, 11) is -1.20. The van der Waals surface area contributed by atoms with Crippen molar-refractivity contribution in [2.24, 2.45) is 0 Å². The average molecular weight is 798 g/mol. The fraction of sp³-hybridized carbons (Fsp3) is 0.321. The Morgan fingerprint density at radius 3 is 2.19 bits per heavy atom. The Balaban J connectivity index is 0.000000241. The van der Waals surface area contributed by atoms with Gasteiger partial charge in [-0.2, -0.15) is 40.8 Å². The highest BCUT2D eigenvalue weighted by Crippen LogP contribution is 2.38. The van der Waals surface area contributed by atoms with Crippen LogP contribution in [0.3, 0.4) is 0 Å². The topological polar surface area (TPSA) is 185 Å². The van der Waals surface area contributed by atoms with Gasteiger partial charge >= 0.3 is 12.4 Å². The molecule has 0 saturated heterocycles. The number of anilines is 2. The molecule has 0 radical (unpaired) electrons. The van der Waals surface area contributed by atoms with Gasteiger partial charge in [-0.3, -0.25) is 4.79 Å². The zero-order valence-electron chi connectivity index (χ0n) is 27.7. The highest BCUT2D eigenvalue weighted by molar-refractivity contribution is 7.92. The van der Waals surface area contributed by atoms with Crippen molar-refractivity contribution in [1.29, 1.82) is 0 Å². The Morgan fingerprint density at radius 2 is 1.64 bits per heavy atom. The normalized spacial score (nSPS) is 11.9. The van der Waals surface area contributed by atoms with Crippen LogP contribution < -0.4 is 28.6 Å². The van der Waals surface area contributed by atoms with E-state index < -0.39 is 68.0 Å². The summed E-state index contributed by atoms with van der Waals surface area (Å²) in [6.45, 7) is 2.98. The number of pyridine rings is 1. The van der Waals surface area contributed by atoms with Gasteiger partial charge in [0, 0.05) is 17.9 Å². The molecule has 25 heteroatoms. The lowest BCUT2D eigenvalue weighted by atomic mass is 10.2. The van der Waals surface area contributed by atoms with Crippen LogP contribution in [0, 0.1) is 5.82 Å². The second-order valence-electron chi connectivity index (χ2n) is 10.3. The number of aromatic nitrogens is 7. The predicted molar refractivity (Wildman–Crippen MR) is 170 cm³/mol. The first-order valence-electron chi connectivity index (χ1n) is 14.4. The van der Waals surface area contributed by atoms with E-state index in [1.54, 1.807) is 13.8 Å². The van der Waals surface area contributed by atoms with E-state index in [0.717, 1.165) is 17.8 Å². The number of carbonyl (C=O) groups excluding carboxylic acids is 1. The van der Waals surface area contributed by atoms with Crippen molar-refractivity contribution in [3.8, 4) is 22.8 Å². The first-order chi connectivity index (χ1) is 24.8. The molecule has 53 heavy (non-hydrogen) atoms. The molecule has 0 bridgehead atoms. The fourth-order valence-electron chi connectivity index (χ4n) is 4.25. The Morgan fingerprint density at radius 1 is 0.962 bits per heavy atom. The van der Waals surface area contributed by atoms with E-state index in [4.69, 9.17) is 18.9 Å². The maximum atomic E-state index is 13.3. The molecule has 16 nitrogen and oxygen atoms in total. The van der Waals surface area contributed by atoms with Crippen LogP contribution >= 0.6 is 11.3 Å². The van der Waals surface area contributed by atoms with E-state index in [1.807, 2.05) is 4.72 Å². The number of halogens is 7. The number of methoxy groups -OCH3 is 3. The van der Waals surface area contributed by atoms with Crippen molar-refractivity contribution in [3.05, 3.63) is 59.0 Å². The zero-order valence-corrected chi connectivity index (χ0v) is 29.4. The minimum atomic E-state index is -4.98. The van der Waals surface area contributed by atoms with Gasteiger partial charge < -0.3 is 23.8 Å². The molecule has 5 rings (SSSR count). The molecule has 0 atom stereocenters. The lowest BCUT2D eigenvalue weighted by Gasteiger charge is -2.26. The van der Waals surface area contributed by atoms with E-state index in [1.165, 1.54) is 49.5 Å². The third-order valence-corrected chi connectivity index (χ3v) is 8.66. The van der Waals surface area contributed by atoms with Gasteiger partial charge in [-0.25, -0.2) is 22.5 Å². The van der Waals surface area contributed by atoms with Crippen LogP contribution in [-0.2, 0) is 27.2 Å². The molecule has 1 aromatic carbocycles. The maximum Gasteiger partial charge on any atom is 0.445 e. The molecule has 5 aromatic rings. The lowest BCUT2D eigenvalue weighted by molar-refractivity contribution is -0.140. The molecule has 0 saturated carbocycles. The van der Waals surface area contributed by atoms with Crippen molar-refractivity contribution < 1.29 is 62.9 Å². The third-order valence-electron chi connectivity index (χ3n) is 6.40. The van der Waals surface area contributed by atoms with Gasteiger partial charge in [0.15, 0.2) is 11.5 Å². The monoisotopic (exact) mass is 797 g/mol. The van der Waals surface area contributed by atoms with E-state index in [2.05, 4.69) is 30.2 Å². The molecule has 0 fully saturated rings. The summed E-state index contributed by atoms with van der Waals surface area (Å²) in [4.78, 5) is 23.8. The smallest absolute Gasteiger partial charge is 0.445 e. The molecule has 0 spiro atoms. The van der Waals surface area contributed by atoms with Gasteiger partial charge in [-0.1, -0.05) is 16.4 Å². The number of rotatable bonds is 11. The van der Waals surface area contributed by atoms with Crippen LogP contribution in [0.1, 0.15) is 24.4 Å². The molecule has 1 amide bonds. The molecular weight excluding hydrogens is 771 g/mol. The Bertz CT molecular complexity index is 2160. The molecule has 4 heterocycles. The van der Waals surface area contributed by atoms with E-state index in [9.17, 15) is 43.9 Å². The number of nitrogens with zero attached hydrogens (tertiary/aromatic N) is 8. The maximum absolute atomic E-state index is 13.3. The van der Waals surface area contributed by atoms with Crippen LogP contribution in [0.5, 0.6) is 22.8 Å². The van der Waals surface area contributed by atoms with Crippen molar-refractivity contribution >= 4 is 44.7 Å². The molecule has 0 aliphatic heterocycles. The number of amides is 1. The first kappa shape index (κ1) is 40.2. The van der Waals surface area contributed by atoms with Crippen molar-refractivity contribution in [2.45, 2.75) is 37.1 Å². The van der Waals surface area contributed by atoms with Crippen molar-refractivity contribution in [2.75, 3.05) is 37.6 Å². The van der Waals surface area contributed by atoms with Gasteiger partial charge in [0.2, 0.25) is 22.6 Å². The largest absolute Gasteiger partial charge is 0.481 e. The Hall–Kier alpha value is -5.59. The number of sulfonamides is 1. The summed E-state index contributed by atoms with van der Waals surface area (Å²) in [6.07, 6.45) is -8.81. The minimum Gasteiger partial charge on any atom is -0.481 e. The summed E-state index contributed by atoms with van der Waals surface area (Å²) < 4.78 is 138. The molecule has 1 N–H and O–H groups in total. The minimum absolute atomic E-state index is 0.0970. The number of ether oxygens (including phenoxy) is 4. The molecule has 286 valence electrons.